The van der Waals surface area contributed by atoms with Crippen LogP contribution in [0.5, 0.6) is 0 Å². The quantitative estimate of drug-likeness (QED) is 0.693. The monoisotopic (exact) mass is 306 g/mol. The van der Waals surface area contributed by atoms with E-state index in [4.69, 9.17) is 11.6 Å². The van der Waals surface area contributed by atoms with Gasteiger partial charge in [0.2, 0.25) is 10.0 Å². The maximum absolute atomic E-state index is 12.5. The van der Waals surface area contributed by atoms with Crippen molar-refractivity contribution in [1.29, 1.82) is 0 Å². The number of alkyl halides is 1. The molecular formula is C13H23ClN2O2S. The molecule has 0 aromatic carbocycles. The molecule has 1 rings (SSSR count). The molecule has 0 amide bonds. The van der Waals surface area contributed by atoms with Crippen LogP contribution < -0.4 is 0 Å². The van der Waals surface area contributed by atoms with Gasteiger partial charge in [-0.05, 0) is 18.9 Å². The summed E-state index contributed by atoms with van der Waals surface area (Å²) >= 11 is 5.88. The zero-order valence-electron chi connectivity index (χ0n) is 11.9. The van der Waals surface area contributed by atoms with Gasteiger partial charge in [0.15, 0.2) is 0 Å². The molecule has 6 heteroatoms. The topological polar surface area (TPSA) is 42.3 Å². The Morgan fingerprint density at radius 2 is 1.95 bits per heavy atom. The van der Waals surface area contributed by atoms with Gasteiger partial charge in [0.1, 0.15) is 4.90 Å². The summed E-state index contributed by atoms with van der Waals surface area (Å²) in [5.74, 6) is 0.329. The third kappa shape index (κ3) is 3.74. The molecule has 4 nitrogen and oxygen atoms in total. The molecule has 0 aliphatic heterocycles. The number of hydrogen-bond donors (Lipinski definition) is 0. The molecular weight excluding hydrogens is 284 g/mol. The van der Waals surface area contributed by atoms with E-state index in [1.54, 1.807) is 12.3 Å². The maximum Gasteiger partial charge on any atom is 0.244 e. The van der Waals surface area contributed by atoms with Crippen LogP contribution in [0.25, 0.3) is 0 Å². The van der Waals surface area contributed by atoms with Crippen LogP contribution in [0.4, 0.5) is 0 Å². The van der Waals surface area contributed by atoms with Crippen molar-refractivity contribution in [1.82, 2.24) is 8.87 Å². The Labute approximate surface area is 121 Å². The summed E-state index contributed by atoms with van der Waals surface area (Å²) in [5.41, 5.74) is 0.856. The number of hydrogen-bond acceptors (Lipinski definition) is 2. The summed E-state index contributed by atoms with van der Waals surface area (Å²) in [6, 6.07) is 1.69. The Kier molecular flexibility index (Phi) is 6.36. The van der Waals surface area contributed by atoms with Crippen molar-refractivity contribution in [2.24, 2.45) is 0 Å². The van der Waals surface area contributed by atoms with Crippen LogP contribution in [-0.4, -0.2) is 30.4 Å². The number of halogens is 1. The second-order valence-corrected chi connectivity index (χ2v) is 6.70. The number of sulfonamides is 1. The van der Waals surface area contributed by atoms with E-state index in [9.17, 15) is 8.42 Å². The fourth-order valence-corrected chi connectivity index (χ4v) is 3.91. The van der Waals surface area contributed by atoms with E-state index in [1.165, 1.54) is 4.31 Å². The predicted molar refractivity (Wildman–Crippen MR) is 79.0 cm³/mol. The Hall–Kier alpha value is -0.520. The lowest BCUT2D eigenvalue weighted by atomic mass is 10.4. The van der Waals surface area contributed by atoms with Gasteiger partial charge in [-0.3, -0.25) is 0 Å². The fourth-order valence-electron chi connectivity index (χ4n) is 2.07. The van der Waals surface area contributed by atoms with Crippen molar-refractivity contribution in [3.63, 3.8) is 0 Å². The van der Waals surface area contributed by atoms with Crippen molar-refractivity contribution in [2.45, 2.75) is 50.9 Å². The molecule has 1 aromatic heterocycles. The van der Waals surface area contributed by atoms with Gasteiger partial charge >= 0.3 is 0 Å². The van der Waals surface area contributed by atoms with Gasteiger partial charge in [-0.1, -0.05) is 20.8 Å². The molecule has 1 heterocycles. The molecule has 0 unspecified atom stereocenters. The highest BCUT2D eigenvalue weighted by Gasteiger charge is 2.24. The van der Waals surface area contributed by atoms with Crippen LogP contribution in [0.3, 0.4) is 0 Å². The molecule has 0 aliphatic rings. The van der Waals surface area contributed by atoms with Gasteiger partial charge in [0.05, 0.1) is 5.88 Å². The second kappa shape index (κ2) is 7.31. The first-order valence-corrected chi connectivity index (χ1v) is 8.73. The van der Waals surface area contributed by atoms with Gasteiger partial charge in [-0.25, -0.2) is 8.42 Å². The molecule has 110 valence electrons. The van der Waals surface area contributed by atoms with Gasteiger partial charge in [-0.2, -0.15) is 4.31 Å². The van der Waals surface area contributed by atoms with Crippen molar-refractivity contribution in [3.8, 4) is 0 Å². The molecule has 0 fully saturated rings. The first kappa shape index (κ1) is 16.5. The number of aryl methyl sites for hydroxylation is 1. The molecule has 0 bridgehead atoms. The molecule has 0 saturated carbocycles. The van der Waals surface area contributed by atoms with E-state index in [0.717, 1.165) is 25.1 Å². The lowest BCUT2D eigenvalue weighted by molar-refractivity contribution is 0.427. The van der Waals surface area contributed by atoms with Crippen molar-refractivity contribution >= 4 is 21.6 Å². The van der Waals surface area contributed by atoms with E-state index < -0.39 is 10.0 Å². The molecule has 0 atom stereocenters. The van der Waals surface area contributed by atoms with Gasteiger partial charge in [0.25, 0.3) is 0 Å². The molecule has 0 N–H and O–H groups in total. The summed E-state index contributed by atoms with van der Waals surface area (Å²) in [6.45, 7) is 7.72. The van der Waals surface area contributed by atoms with E-state index in [0.29, 0.717) is 23.9 Å². The molecule has 0 radical (unpaired) electrons. The van der Waals surface area contributed by atoms with E-state index >= 15 is 0 Å². The minimum absolute atomic E-state index is 0.329. The third-order valence-electron chi connectivity index (χ3n) is 3.03. The summed E-state index contributed by atoms with van der Waals surface area (Å²) in [4.78, 5) is 0.354. The summed E-state index contributed by atoms with van der Waals surface area (Å²) in [6.07, 6.45) is 3.46. The minimum Gasteiger partial charge on any atom is -0.349 e. The Morgan fingerprint density at radius 3 is 2.42 bits per heavy atom. The Morgan fingerprint density at radius 1 is 1.26 bits per heavy atom. The average Bonchev–Trinajstić information content (AvgIpc) is 2.80. The number of nitrogens with zero attached hydrogens (tertiary/aromatic N) is 2. The standard InChI is InChI=1S/C13H23ClN2O2S/c1-4-7-15-11-13(9-12(15)10-14)19(17,18)16(6-3)8-5-2/h9,11H,4-8,10H2,1-3H3. The van der Waals surface area contributed by atoms with Crippen LogP contribution in [0, 0.1) is 0 Å². The molecule has 0 aliphatic carbocycles. The van der Waals surface area contributed by atoms with Crippen LogP contribution in [-0.2, 0) is 22.4 Å². The van der Waals surface area contributed by atoms with Gasteiger partial charge in [-0.15, -0.1) is 11.6 Å². The Bertz CT molecular complexity index is 497. The minimum atomic E-state index is -3.39. The lowest BCUT2D eigenvalue weighted by Crippen LogP contribution is -2.31. The summed E-state index contributed by atoms with van der Waals surface area (Å²) in [7, 11) is -3.39. The normalized spacial score (nSPS) is 12.3. The Balaban J connectivity index is 3.13. The molecule has 1 aromatic rings. The fraction of sp³-hybridized carbons (Fsp3) is 0.692. The first-order valence-electron chi connectivity index (χ1n) is 6.76. The molecule has 0 spiro atoms. The lowest BCUT2D eigenvalue weighted by Gasteiger charge is -2.18. The van der Waals surface area contributed by atoms with Crippen LogP contribution in [0.2, 0.25) is 0 Å². The van der Waals surface area contributed by atoms with Crippen LogP contribution >= 0.6 is 11.6 Å². The zero-order chi connectivity index (χ0) is 14.5. The zero-order valence-corrected chi connectivity index (χ0v) is 13.5. The highest BCUT2D eigenvalue weighted by Crippen LogP contribution is 2.20. The highest BCUT2D eigenvalue weighted by atomic mass is 35.5. The highest BCUT2D eigenvalue weighted by molar-refractivity contribution is 7.89. The van der Waals surface area contributed by atoms with Crippen LogP contribution in [0.15, 0.2) is 17.2 Å². The number of rotatable bonds is 8. The van der Waals surface area contributed by atoms with Crippen molar-refractivity contribution in [3.05, 3.63) is 18.0 Å². The summed E-state index contributed by atoms with van der Waals surface area (Å²) in [5, 5.41) is 0. The van der Waals surface area contributed by atoms with E-state index in [-0.39, 0.29) is 0 Å². The van der Waals surface area contributed by atoms with Gasteiger partial charge < -0.3 is 4.57 Å². The smallest absolute Gasteiger partial charge is 0.244 e. The van der Waals surface area contributed by atoms with E-state index in [2.05, 4.69) is 6.92 Å². The van der Waals surface area contributed by atoms with Gasteiger partial charge in [0, 0.05) is 31.5 Å². The maximum atomic E-state index is 12.5. The average molecular weight is 307 g/mol. The first-order chi connectivity index (χ1) is 9.01. The third-order valence-corrected chi connectivity index (χ3v) is 5.24. The number of aromatic nitrogens is 1. The molecule has 0 saturated heterocycles. The van der Waals surface area contributed by atoms with Crippen molar-refractivity contribution in [2.75, 3.05) is 13.1 Å². The van der Waals surface area contributed by atoms with E-state index in [1.807, 2.05) is 18.4 Å². The van der Waals surface area contributed by atoms with Crippen LogP contribution in [0.1, 0.15) is 39.3 Å². The summed E-state index contributed by atoms with van der Waals surface area (Å²) < 4.78 is 28.5. The SMILES string of the molecule is CCCN(CC)S(=O)(=O)c1cc(CCl)n(CCC)c1. The predicted octanol–water partition coefficient (Wildman–Crippen LogP) is 3.06. The largest absolute Gasteiger partial charge is 0.349 e. The van der Waals surface area contributed by atoms with Crippen molar-refractivity contribution < 1.29 is 8.42 Å². The molecule has 19 heavy (non-hydrogen) atoms. The second-order valence-electron chi connectivity index (χ2n) is 4.49.